The molecule has 0 spiro atoms. The van der Waals surface area contributed by atoms with Crippen LogP contribution < -0.4 is 5.32 Å². The second kappa shape index (κ2) is 6.80. The molecule has 0 atom stereocenters. The van der Waals surface area contributed by atoms with Crippen LogP contribution in [0.1, 0.15) is 43.7 Å². The molecule has 1 rings (SSSR count). The first-order valence-electron chi connectivity index (χ1n) is 6.11. The Labute approximate surface area is 112 Å². The second-order valence-corrected chi connectivity index (χ2v) is 5.22. The van der Waals surface area contributed by atoms with Crippen LogP contribution in [0.15, 0.2) is 16.6 Å². The largest absolute Gasteiger partial charge is 0.326 e. The van der Waals surface area contributed by atoms with Crippen LogP contribution in [-0.2, 0) is 4.79 Å². The van der Waals surface area contributed by atoms with Crippen LogP contribution in [0, 0.1) is 13.8 Å². The van der Waals surface area contributed by atoms with Crippen molar-refractivity contribution >= 4 is 27.5 Å². The smallest absolute Gasteiger partial charge is 0.224 e. The molecule has 0 aromatic heterocycles. The van der Waals surface area contributed by atoms with Crippen LogP contribution in [0.5, 0.6) is 0 Å². The van der Waals surface area contributed by atoms with Gasteiger partial charge >= 0.3 is 0 Å². The molecule has 1 aromatic rings. The Bertz CT molecular complexity index is 378. The number of anilines is 1. The van der Waals surface area contributed by atoms with Gasteiger partial charge in [-0.3, -0.25) is 4.79 Å². The fourth-order valence-corrected chi connectivity index (χ4v) is 2.01. The van der Waals surface area contributed by atoms with Crippen molar-refractivity contribution in [3.63, 3.8) is 0 Å². The highest BCUT2D eigenvalue weighted by atomic mass is 79.9. The van der Waals surface area contributed by atoms with Crippen molar-refractivity contribution in [2.45, 2.75) is 46.5 Å². The first kappa shape index (κ1) is 14.2. The summed E-state index contributed by atoms with van der Waals surface area (Å²) in [6, 6.07) is 3.99. The van der Waals surface area contributed by atoms with E-state index in [9.17, 15) is 4.79 Å². The van der Waals surface area contributed by atoms with Gasteiger partial charge in [-0.05, 0) is 43.5 Å². The number of carbonyl (C=O) groups is 1. The third kappa shape index (κ3) is 4.50. The zero-order chi connectivity index (χ0) is 12.8. The molecule has 0 saturated carbocycles. The van der Waals surface area contributed by atoms with Crippen molar-refractivity contribution in [3.05, 3.63) is 27.7 Å². The monoisotopic (exact) mass is 297 g/mol. The Hall–Kier alpha value is -0.830. The highest BCUT2D eigenvalue weighted by Crippen LogP contribution is 2.25. The zero-order valence-corrected chi connectivity index (χ0v) is 12.4. The molecule has 2 nitrogen and oxygen atoms in total. The van der Waals surface area contributed by atoms with Gasteiger partial charge in [0, 0.05) is 16.6 Å². The van der Waals surface area contributed by atoms with Gasteiger partial charge in [0.05, 0.1) is 0 Å². The number of unbranched alkanes of at least 4 members (excludes halogenated alkanes) is 2. The summed E-state index contributed by atoms with van der Waals surface area (Å²) in [5, 5.41) is 2.95. The molecule has 0 radical (unpaired) electrons. The number of benzene rings is 1. The molecule has 0 aliphatic carbocycles. The van der Waals surface area contributed by atoms with E-state index < -0.39 is 0 Å². The molecule has 1 N–H and O–H groups in total. The average Bonchev–Trinajstić information content (AvgIpc) is 2.26. The van der Waals surface area contributed by atoms with Crippen LogP contribution in [0.2, 0.25) is 0 Å². The van der Waals surface area contributed by atoms with E-state index in [0.29, 0.717) is 6.42 Å². The topological polar surface area (TPSA) is 29.1 Å². The summed E-state index contributed by atoms with van der Waals surface area (Å²) in [7, 11) is 0. The molecule has 1 aromatic carbocycles. The van der Waals surface area contributed by atoms with E-state index in [1.807, 2.05) is 26.0 Å². The highest BCUT2D eigenvalue weighted by molar-refractivity contribution is 9.10. The normalized spacial score (nSPS) is 10.4. The Morgan fingerprint density at radius 2 is 1.82 bits per heavy atom. The number of rotatable bonds is 5. The van der Waals surface area contributed by atoms with Crippen molar-refractivity contribution in [2.24, 2.45) is 0 Å². The molecule has 3 heteroatoms. The van der Waals surface area contributed by atoms with E-state index in [-0.39, 0.29) is 5.91 Å². The van der Waals surface area contributed by atoms with Gasteiger partial charge in [-0.15, -0.1) is 0 Å². The minimum absolute atomic E-state index is 0.111. The maximum atomic E-state index is 11.7. The Balaban J connectivity index is 2.60. The number of nitrogens with one attached hydrogen (secondary N) is 1. The summed E-state index contributed by atoms with van der Waals surface area (Å²) >= 11 is 3.52. The maximum absolute atomic E-state index is 11.7. The fourth-order valence-electron chi connectivity index (χ4n) is 1.78. The maximum Gasteiger partial charge on any atom is 0.224 e. The third-order valence-electron chi connectivity index (χ3n) is 2.73. The number of hydrogen-bond donors (Lipinski definition) is 1. The number of halogens is 1. The van der Waals surface area contributed by atoms with Crippen molar-refractivity contribution in [3.8, 4) is 0 Å². The summed E-state index contributed by atoms with van der Waals surface area (Å²) in [4.78, 5) is 11.7. The third-order valence-corrected chi connectivity index (χ3v) is 3.98. The predicted octanol–water partition coefficient (Wildman–Crippen LogP) is 4.58. The van der Waals surface area contributed by atoms with Crippen LogP contribution in [0.25, 0.3) is 0 Å². The van der Waals surface area contributed by atoms with E-state index in [1.165, 1.54) is 0 Å². The van der Waals surface area contributed by atoms with Gasteiger partial charge in [0.25, 0.3) is 0 Å². The molecule has 0 saturated heterocycles. The lowest BCUT2D eigenvalue weighted by atomic mass is 10.1. The first-order chi connectivity index (χ1) is 8.04. The molecule has 0 fully saturated rings. The number of hydrogen-bond acceptors (Lipinski definition) is 1. The first-order valence-corrected chi connectivity index (χ1v) is 6.90. The van der Waals surface area contributed by atoms with Gasteiger partial charge in [0.15, 0.2) is 0 Å². The number of amides is 1. The predicted molar refractivity (Wildman–Crippen MR) is 76.4 cm³/mol. The van der Waals surface area contributed by atoms with Crippen LogP contribution in [-0.4, -0.2) is 5.91 Å². The van der Waals surface area contributed by atoms with Gasteiger partial charge in [-0.25, -0.2) is 0 Å². The standard InChI is InChI=1S/C14H20BrNO/c1-4-5-6-7-13(17)16-12-8-10(2)14(15)11(3)9-12/h8-9H,4-7H2,1-3H3,(H,16,17). The minimum Gasteiger partial charge on any atom is -0.326 e. The van der Waals surface area contributed by atoms with Crippen molar-refractivity contribution in [2.75, 3.05) is 5.32 Å². The molecule has 94 valence electrons. The number of carbonyl (C=O) groups excluding carboxylic acids is 1. The molecule has 0 aliphatic rings. The van der Waals surface area contributed by atoms with Gasteiger partial charge in [-0.2, -0.15) is 0 Å². The van der Waals surface area contributed by atoms with Crippen LogP contribution >= 0.6 is 15.9 Å². The fraction of sp³-hybridized carbons (Fsp3) is 0.500. The summed E-state index contributed by atoms with van der Waals surface area (Å²) < 4.78 is 1.11. The number of aryl methyl sites for hydroxylation is 2. The Morgan fingerprint density at radius 1 is 1.24 bits per heavy atom. The molecular weight excluding hydrogens is 278 g/mol. The van der Waals surface area contributed by atoms with Gasteiger partial charge < -0.3 is 5.32 Å². The van der Waals surface area contributed by atoms with Gasteiger partial charge in [-0.1, -0.05) is 35.7 Å². The van der Waals surface area contributed by atoms with E-state index in [4.69, 9.17) is 0 Å². The summed E-state index contributed by atoms with van der Waals surface area (Å²) in [5.41, 5.74) is 3.19. The molecule has 17 heavy (non-hydrogen) atoms. The highest BCUT2D eigenvalue weighted by Gasteiger charge is 2.05. The molecular formula is C14H20BrNO. The van der Waals surface area contributed by atoms with E-state index in [1.54, 1.807) is 0 Å². The molecule has 1 amide bonds. The summed E-state index contributed by atoms with van der Waals surface area (Å²) in [5.74, 6) is 0.111. The van der Waals surface area contributed by atoms with E-state index in [0.717, 1.165) is 40.5 Å². The summed E-state index contributed by atoms with van der Waals surface area (Å²) in [6.07, 6.45) is 3.84. The van der Waals surface area contributed by atoms with Gasteiger partial charge in [0.1, 0.15) is 0 Å². The SMILES string of the molecule is CCCCCC(=O)Nc1cc(C)c(Br)c(C)c1. The lowest BCUT2D eigenvalue weighted by molar-refractivity contribution is -0.116. The van der Waals surface area contributed by atoms with E-state index in [2.05, 4.69) is 28.2 Å². The van der Waals surface area contributed by atoms with E-state index >= 15 is 0 Å². The second-order valence-electron chi connectivity index (χ2n) is 4.43. The van der Waals surface area contributed by atoms with Gasteiger partial charge in [0.2, 0.25) is 5.91 Å². The van der Waals surface area contributed by atoms with Crippen molar-refractivity contribution in [1.82, 2.24) is 0 Å². The zero-order valence-electron chi connectivity index (χ0n) is 10.8. The lowest BCUT2D eigenvalue weighted by Crippen LogP contribution is -2.11. The summed E-state index contributed by atoms with van der Waals surface area (Å²) in [6.45, 7) is 6.20. The Morgan fingerprint density at radius 3 is 2.35 bits per heavy atom. The molecule has 0 aliphatic heterocycles. The van der Waals surface area contributed by atoms with Crippen LogP contribution in [0.3, 0.4) is 0 Å². The lowest BCUT2D eigenvalue weighted by Gasteiger charge is -2.09. The molecule has 0 bridgehead atoms. The Kier molecular flexibility index (Phi) is 5.69. The van der Waals surface area contributed by atoms with Crippen LogP contribution in [0.4, 0.5) is 5.69 Å². The molecule has 0 heterocycles. The van der Waals surface area contributed by atoms with Crippen molar-refractivity contribution < 1.29 is 4.79 Å². The minimum atomic E-state index is 0.111. The average molecular weight is 298 g/mol. The molecule has 0 unspecified atom stereocenters. The quantitative estimate of drug-likeness (QED) is 0.792. The van der Waals surface area contributed by atoms with Crippen molar-refractivity contribution in [1.29, 1.82) is 0 Å².